The molecule has 7 nitrogen and oxygen atoms in total. The molecule has 5 rings (SSSR count). The lowest BCUT2D eigenvalue weighted by atomic mass is 10.1. The first-order valence-corrected chi connectivity index (χ1v) is 10.1. The number of rotatable bonds is 7. The summed E-state index contributed by atoms with van der Waals surface area (Å²) in [5, 5.41) is 3.28. The maximum atomic E-state index is 13.4. The minimum absolute atomic E-state index is 0.302. The van der Waals surface area contributed by atoms with Gasteiger partial charge in [-0.2, -0.15) is 4.98 Å². The van der Waals surface area contributed by atoms with Gasteiger partial charge >= 0.3 is 5.84 Å². The van der Waals surface area contributed by atoms with Gasteiger partial charge in [-0.1, -0.05) is 12.1 Å². The average Bonchev–Trinajstić information content (AvgIpc) is 3.42. The first-order valence-electron chi connectivity index (χ1n) is 10.1. The van der Waals surface area contributed by atoms with Crippen LogP contribution in [0.4, 0.5) is 10.3 Å². The Morgan fingerprint density at radius 2 is 1.84 bits per heavy atom. The molecule has 0 atom stereocenters. The van der Waals surface area contributed by atoms with E-state index in [1.807, 2.05) is 34.7 Å². The number of anilines is 1. The number of nitrogens with one attached hydrogen (secondary N) is 1. The van der Waals surface area contributed by atoms with Crippen molar-refractivity contribution in [1.82, 2.24) is 19.4 Å². The Morgan fingerprint density at radius 1 is 1.03 bits per heavy atom. The highest BCUT2D eigenvalue weighted by Crippen LogP contribution is 2.32. The molecular weight excluding hydrogens is 409 g/mol. The summed E-state index contributed by atoms with van der Waals surface area (Å²) >= 11 is 0. The number of hydrogen-bond donors (Lipinski definition) is 1. The highest BCUT2D eigenvalue weighted by Gasteiger charge is 2.19. The van der Waals surface area contributed by atoms with E-state index in [1.165, 1.54) is 17.7 Å². The molecule has 2 aromatic carbocycles. The van der Waals surface area contributed by atoms with E-state index in [0.29, 0.717) is 29.7 Å². The summed E-state index contributed by atoms with van der Waals surface area (Å²) in [6, 6.07) is 16.0. The zero-order valence-corrected chi connectivity index (χ0v) is 17.3. The van der Waals surface area contributed by atoms with E-state index >= 15 is 0 Å². The normalized spacial score (nSPS) is 11.1. The summed E-state index contributed by atoms with van der Waals surface area (Å²) in [7, 11) is 1.65. The molecular formula is C24H20FN5O2. The van der Waals surface area contributed by atoms with E-state index < -0.39 is 0 Å². The summed E-state index contributed by atoms with van der Waals surface area (Å²) in [5.74, 6) is 1.48. The van der Waals surface area contributed by atoms with Crippen molar-refractivity contribution in [1.29, 1.82) is 0 Å². The molecule has 3 heterocycles. The molecule has 0 unspecified atom stereocenters. The SMILES string of the molecule is COc1ccc(CCNc2nccc(-c3c(-c4ccc(F)cc4)nc4occn34)n2)cc1. The minimum atomic E-state index is -0.302. The van der Waals surface area contributed by atoms with Crippen molar-refractivity contribution in [2.45, 2.75) is 6.42 Å². The molecule has 160 valence electrons. The van der Waals surface area contributed by atoms with E-state index in [2.05, 4.69) is 20.3 Å². The number of methoxy groups -OCH3 is 1. The van der Waals surface area contributed by atoms with E-state index in [-0.39, 0.29) is 5.82 Å². The van der Waals surface area contributed by atoms with Crippen LogP contribution in [0.15, 0.2) is 77.7 Å². The quantitative estimate of drug-likeness (QED) is 0.398. The molecule has 0 aliphatic rings. The van der Waals surface area contributed by atoms with Gasteiger partial charge in [0, 0.05) is 24.5 Å². The Hall–Kier alpha value is -4.20. The van der Waals surface area contributed by atoms with Crippen LogP contribution in [-0.4, -0.2) is 33.0 Å². The molecule has 0 radical (unpaired) electrons. The number of imidazole rings is 1. The molecule has 5 aromatic rings. The summed E-state index contributed by atoms with van der Waals surface area (Å²) in [6.07, 6.45) is 5.86. The number of nitrogens with zero attached hydrogens (tertiary/aromatic N) is 4. The fraction of sp³-hybridized carbons (Fsp3) is 0.125. The summed E-state index contributed by atoms with van der Waals surface area (Å²) < 4.78 is 25.9. The molecule has 0 aliphatic carbocycles. The molecule has 1 N–H and O–H groups in total. The van der Waals surface area contributed by atoms with Gasteiger partial charge in [-0.3, -0.25) is 4.40 Å². The molecule has 0 spiro atoms. The Bertz CT molecular complexity index is 1340. The topological polar surface area (TPSA) is 77.5 Å². The smallest absolute Gasteiger partial charge is 0.306 e. The predicted octanol–water partition coefficient (Wildman–Crippen LogP) is 4.85. The number of oxazole rings is 1. The van der Waals surface area contributed by atoms with Crippen molar-refractivity contribution < 1.29 is 13.5 Å². The van der Waals surface area contributed by atoms with Crippen LogP contribution in [0.2, 0.25) is 0 Å². The third-order valence-electron chi connectivity index (χ3n) is 5.13. The maximum absolute atomic E-state index is 13.4. The van der Waals surface area contributed by atoms with Gasteiger partial charge < -0.3 is 14.5 Å². The van der Waals surface area contributed by atoms with E-state index in [4.69, 9.17) is 9.15 Å². The molecule has 0 aliphatic heterocycles. The lowest BCUT2D eigenvalue weighted by molar-refractivity contribution is 0.414. The van der Waals surface area contributed by atoms with Crippen LogP contribution in [0.25, 0.3) is 28.5 Å². The van der Waals surface area contributed by atoms with Crippen LogP contribution in [0.1, 0.15) is 5.56 Å². The molecule has 0 bridgehead atoms. The molecule has 8 heteroatoms. The Kier molecular flexibility index (Phi) is 5.25. The van der Waals surface area contributed by atoms with Gasteiger partial charge in [0.1, 0.15) is 29.2 Å². The average molecular weight is 429 g/mol. The third kappa shape index (κ3) is 3.90. The van der Waals surface area contributed by atoms with Crippen molar-refractivity contribution in [3.63, 3.8) is 0 Å². The van der Waals surface area contributed by atoms with Gasteiger partial charge in [0.15, 0.2) is 0 Å². The fourth-order valence-electron chi connectivity index (χ4n) is 3.53. The van der Waals surface area contributed by atoms with Crippen LogP contribution in [0.3, 0.4) is 0 Å². The highest BCUT2D eigenvalue weighted by atomic mass is 19.1. The number of ether oxygens (including phenoxy) is 1. The number of aromatic nitrogens is 4. The van der Waals surface area contributed by atoms with Gasteiger partial charge in [-0.25, -0.2) is 14.4 Å². The largest absolute Gasteiger partial charge is 0.497 e. The first-order chi connectivity index (χ1) is 15.7. The van der Waals surface area contributed by atoms with E-state index in [9.17, 15) is 4.39 Å². The summed E-state index contributed by atoms with van der Waals surface area (Å²) in [4.78, 5) is 13.6. The molecule has 0 fully saturated rings. The zero-order valence-electron chi connectivity index (χ0n) is 17.3. The zero-order chi connectivity index (χ0) is 21.9. The van der Waals surface area contributed by atoms with Gasteiger partial charge in [0.25, 0.3) is 0 Å². The fourth-order valence-corrected chi connectivity index (χ4v) is 3.53. The molecule has 0 saturated carbocycles. The third-order valence-corrected chi connectivity index (χ3v) is 5.13. The van der Waals surface area contributed by atoms with Gasteiger partial charge in [0.05, 0.1) is 12.8 Å². The van der Waals surface area contributed by atoms with Crippen molar-refractivity contribution in [3.8, 4) is 28.4 Å². The minimum Gasteiger partial charge on any atom is -0.497 e. The first kappa shape index (κ1) is 19.7. The number of hydrogen-bond acceptors (Lipinski definition) is 6. The van der Waals surface area contributed by atoms with E-state index in [1.54, 1.807) is 37.9 Å². The second-order valence-corrected chi connectivity index (χ2v) is 7.16. The second kappa shape index (κ2) is 8.50. The Labute approximate surface area is 183 Å². The van der Waals surface area contributed by atoms with E-state index in [0.717, 1.165) is 23.4 Å². The molecule has 0 amide bonds. The van der Waals surface area contributed by atoms with Crippen molar-refractivity contribution >= 4 is 11.8 Å². The van der Waals surface area contributed by atoms with Gasteiger partial charge in [-0.15, -0.1) is 0 Å². The Balaban J connectivity index is 1.40. The molecule has 3 aromatic heterocycles. The van der Waals surface area contributed by atoms with Crippen molar-refractivity contribution in [2.75, 3.05) is 19.0 Å². The lowest BCUT2D eigenvalue weighted by Crippen LogP contribution is -2.08. The van der Waals surface area contributed by atoms with Crippen LogP contribution in [-0.2, 0) is 6.42 Å². The predicted molar refractivity (Wildman–Crippen MR) is 119 cm³/mol. The summed E-state index contributed by atoms with van der Waals surface area (Å²) in [5.41, 5.74) is 4.05. The van der Waals surface area contributed by atoms with Crippen LogP contribution in [0.5, 0.6) is 5.75 Å². The van der Waals surface area contributed by atoms with Gasteiger partial charge in [0.2, 0.25) is 5.95 Å². The maximum Gasteiger partial charge on any atom is 0.306 e. The molecule has 0 saturated heterocycles. The highest BCUT2D eigenvalue weighted by molar-refractivity contribution is 5.79. The van der Waals surface area contributed by atoms with Crippen LogP contribution >= 0.6 is 0 Å². The standard InChI is InChI=1S/C24H20FN5O2/c1-31-19-8-2-16(3-9-19)10-12-26-23-27-13-11-20(28-23)22-21(17-4-6-18(25)7-5-17)29-24-30(22)14-15-32-24/h2-9,11,13-15H,10,12H2,1H3,(H,26,27,28). The molecule has 32 heavy (non-hydrogen) atoms. The summed E-state index contributed by atoms with van der Waals surface area (Å²) in [6.45, 7) is 0.675. The second-order valence-electron chi connectivity index (χ2n) is 7.16. The lowest BCUT2D eigenvalue weighted by Gasteiger charge is -2.08. The number of halogens is 1. The van der Waals surface area contributed by atoms with Gasteiger partial charge in [-0.05, 0) is 54.4 Å². The monoisotopic (exact) mass is 429 g/mol. The van der Waals surface area contributed by atoms with Crippen LogP contribution < -0.4 is 10.1 Å². The van der Waals surface area contributed by atoms with Crippen molar-refractivity contribution in [3.05, 3.63) is 84.6 Å². The van der Waals surface area contributed by atoms with Crippen LogP contribution in [0, 0.1) is 5.82 Å². The number of fused-ring (bicyclic) bond motifs is 1. The number of benzene rings is 2. The van der Waals surface area contributed by atoms with Crippen molar-refractivity contribution in [2.24, 2.45) is 0 Å². The Morgan fingerprint density at radius 3 is 2.62 bits per heavy atom.